The second kappa shape index (κ2) is 12.2. The highest BCUT2D eigenvalue weighted by atomic mass is 35.5. The predicted octanol–water partition coefficient (Wildman–Crippen LogP) is 4.98. The van der Waals surface area contributed by atoms with Gasteiger partial charge in [-0.2, -0.15) is 13.2 Å². The van der Waals surface area contributed by atoms with Crippen molar-refractivity contribution >= 4 is 41.4 Å². The summed E-state index contributed by atoms with van der Waals surface area (Å²) in [5.41, 5.74) is 6.55. The first-order chi connectivity index (χ1) is 17.7. The maximum absolute atomic E-state index is 15.3. The van der Waals surface area contributed by atoms with Crippen LogP contribution in [0.1, 0.15) is 24.9 Å². The van der Waals surface area contributed by atoms with Gasteiger partial charge in [-0.15, -0.1) is 35.0 Å². The number of nitrogens with zero attached hydrogens (tertiary/aromatic N) is 5. The summed E-state index contributed by atoms with van der Waals surface area (Å²) < 4.78 is 69.8. The lowest BCUT2D eigenvalue weighted by atomic mass is 10.1. The van der Waals surface area contributed by atoms with Gasteiger partial charge in [0.1, 0.15) is 23.4 Å². The van der Waals surface area contributed by atoms with Gasteiger partial charge in [-0.25, -0.2) is 9.37 Å². The first kappa shape index (κ1) is 30.8. The molecule has 39 heavy (non-hydrogen) atoms. The molecule has 3 atom stereocenters. The Morgan fingerprint density at radius 1 is 1.10 bits per heavy atom. The van der Waals surface area contributed by atoms with E-state index in [1.54, 1.807) is 25.1 Å². The molecule has 212 valence electrons. The van der Waals surface area contributed by atoms with E-state index in [1.807, 2.05) is 0 Å². The molecule has 1 saturated heterocycles. The first-order valence-electron chi connectivity index (χ1n) is 11.8. The monoisotopic (exact) mass is 590 g/mol. The van der Waals surface area contributed by atoms with Crippen molar-refractivity contribution in [2.45, 2.75) is 37.7 Å². The Morgan fingerprint density at radius 3 is 2.51 bits per heavy atom. The molecule has 14 heteroatoms. The quantitative estimate of drug-likeness (QED) is 0.304. The molecule has 2 N–H and O–H groups in total. The molecule has 0 amide bonds. The molecule has 4 heterocycles. The van der Waals surface area contributed by atoms with Crippen LogP contribution in [0, 0.1) is 5.82 Å². The zero-order chi connectivity index (χ0) is 26.3. The van der Waals surface area contributed by atoms with E-state index >= 15 is 4.39 Å². The summed E-state index contributed by atoms with van der Waals surface area (Å²) in [6.45, 7) is 2.43. The van der Waals surface area contributed by atoms with Crippen molar-refractivity contribution < 1.29 is 27.0 Å². The smallest absolute Gasteiger partial charge is 0.408 e. The third-order valence-corrected chi connectivity index (χ3v) is 6.40. The van der Waals surface area contributed by atoms with Crippen LogP contribution >= 0.6 is 24.8 Å². The maximum atomic E-state index is 15.3. The summed E-state index contributed by atoms with van der Waals surface area (Å²) in [4.78, 5) is 5.77. The lowest BCUT2D eigenvalue weighted by molar-refractivity contribution is -0.183. The number of hydrogen-bond donors (Lipinski definition) is 1. The first-order valence-corrected chi connectivity index (χ1v) is 11.8. The van der Waals surface area contributed by atoms with E-state index in [-0.39, 0.29) is 85.0 Å². The number of hydrogen-bond acceptors (Lipinski definition) is 7. The van der Waals surface area contributed by atoms with Gasteiger partial charge in [0.2, 0.25) is 0 Å². The SMILES string of the molecule is COCC(C)Oc1ccc2ccc(-c3nnc4ccc([C@@H](N5CCC(N)C5)C(F)(F)F)cn34)nc2c1F.Cl.Cl. The van der Waals surface area contributed by atoms with Crippen molar-refractivity contribution in [3.8, 4) is 17.3 Å². The number of rotatable bonds is 7. The zero-order valence-corrected chi connectivity index (χ0v) is 22.7. The van der Waals surface area contributed by atoms with Gasteiger partial charge in [0.15, 0.2) is 23.0 Å². The van der Waals surface area contributed by atoms with Crippen LogP contribution in [0.3, 0.4) is 0 Å². The number of aromatic nitrogens is 4. The second-order valence-electron chi connectivity index (χ2n) is 9.23. The van der Waals surface area contributed by atoms with Crippen molar-refractivity contribution in [2.75, 3.05) is 26.8 Å². The Balaban J connectivity index is 0.00000210. The van der Waals surface area contributed by atoms with Crippen molar-refractivity contribution in [2.24, 2.45) is 5.73 Å². The van der Waals surface area contributed by atoms with E-state index in [2.05, 4.69) is 15.2 Å². The summed E-state index contributed by atoms with van der Waals surface area (Å²) in [5, 5.41) is 8.74. The van der Waals surface area contributed by atoms with Crippen LogP contribution in [-0.2, 0) is 4.74 Å². The molecule has 5 rings (SSSR count). The van der Waals surface area contributed by atoms with Crippen LogP contribution in [0.5, 0.6) is 5.75 Å². The lowest BCUT2D eigenvalue weighted by Gasteiger charge is -2.30. The number of pyridine rings is 2. The standard InChI is InChI=1S/C25H26F4N6O2.2ClH/c1-14(13-36-2)37-19-7-4-15-3-6-18(31-22(15)21(19)26)24-33-32-20-8-5-16(11-35(20)24)23(25(27,28)29)34-10-9-17(30)12-34;;/h3-8,11,14,17,23H,9-10,12-13,30H2,1-2H3;2*1H/t14?,17?,23-;;/m1../s1. The Kier molecular flexibility index (Phi) is 9.60. The van der Waals surface area contributed by atoms with Gasteiger partial charge in [0.25, 0.3) is 0 Å². The molecule has 0 bridgehead atoms. The number of alkyl halides is 3. The molecule has 0 spiro atoms. The van der Waals surface area contributed by atoms with Crippen LogP contribution in [0.25, 0.3) is 28.1 Å². The van der Waals surface area contributed by atoms with Crippen LogP contribution in [0.4, 0.5) is 17.6 Å². The Bertz CT molecular complexity index is 1440. The minimum absolute atomic E-state index is 0. The van der Waals surface area contributed by atoms with Crippen molar-refractivity contribution in [1.82, 2.24) is 24.5 Å². The summed E-state index contributed by atoms with van der Waals surface area (Å²) in [6, 6.07) is 7.24. The molecule has 0 saturated carbocycles. The average molecular weight is 591 g/mol. The molecule has 1 fully saturated rings. The number of ether oxygens (including phenoxy) is 2. The normalized spacial score (nSPS) is 17.6. The summed E-state index contributed by atoms with van der Waals surface area (Å²) >= 11 is 0. The minimum Gasteiger partial charge on any atom is -0.485 e. The van der Waals surface area contributed by atoms with Gasteiger partial charge >= 0.3 is 6.18 Å². The van der Waals surface area contributed by atoms with E-state index in [0.29, 0.717) is 17.5 Å². The molecule has 0 aliphatic carbocycles. The average Bonchev–Trinajstić information content (AvgIpc) is 3.46. The van der Waals surface area contributed by atoms with Gasteiger partial charge in [-0.3, -0.25) is 9.30 Å². The Morgan fingerprint density at radius 2 is 1.85 bits per heavy atom. The van der Waals surface area contributed by atoms with E-state index in [9.17, 15) is 13.2 Å². The van der Waals surface area contributed by atoms with Crippen LogP contribution in [0.15, 0.2) is 42.6 Å². The molecule has 3 aromatic heterocycles. The number of likely N-dealkylation sites (tertiary alicyclic amines) is 1. The van der Waals surface area contributed by atoms with Gasteiger partial charge in [-0.1, -0.05) is 12.1 Å². The van der Waals surface area contributed by atoms with Crippen molar-refractivity contribution in [1.29, 1.82) is 0 Å². The summed E-state index contributed by atoms with van der Waals surface area (Å²) in [7, 11) is 1.52. The highest BCUT2D eigenvalue weighted by Crippen LogP contribution is 2.39. The number of nitrogens with two attached hydrogens (primary N) is 1. The minimum atomic E-state index is -4.51. The summed E-state index contributed by atoms with van der Waals surface area (Å²) in [5.74, 6) is -0.442. The Hall–Kier alpha value is -2.77. The third-order valence-electron chi connectivity index (χ3n) is 6.40. The van der Waals surface area contributed by atoms with Crippen LogP contribution in [-0.4, -0.2) is 69.6 Å². The van der Waals surface area contributed by atoms with Gasteiger partial charge < -0.3 is 15.2 Å². The fraction of sp³-hybridized carbons (Fsp3) is 0.400. The Labute approximate surface area is 234 Å². The number of fused-ring (bicyclic) bond motifs is 2. The molecule has 1 aliphatic rings. The molecule has 1 aliphatic heterocycles. The van der Waals surface area contributed by atoms with E-state index in [4.69, 9.17) is 15.2 Å². The fourth-order valence-electron chi connectivity index (χ4n) is 4.74. The molecule has 4 aromatic rings. The van der Waals surface area contributed by atoms with E-state index in [0.717, 1.165) is 0 Å². The predicted molar refractivity (Wildman–Crippen MR) is 143 cm³/mol. The van der Waals surface area contributed by atoms with Crippen molar-refractivity contribution in [3.63, 3.8) is 0 Å². The van der Waals surface area contributed by atoms with E-state index in [1.165, 1.54) is 40.8 Å². The largest absolute Gasteiger partial charge is 0.485 e. The van der Waals surface area contributed by atoms with E-state index < -0.39 is 18.0 Å². The molecule has 8 nitrogen and oxygen atoms in total. The highest BCUT2D eigenvalue weighted by Gasteiger charge is 2.46. The topological polar surface area (TPSA) is 90.8 Å². The highest BCUT2D eigenvalue weighted by molar-refractivity contribution is 5.85. The molecular formula is C25H28Cl2F4N6O2. The molecule has 1 aromatic carbocycles. The van der Waals surface area contributed by atoms with Crippen molar-refractivity contribution in [3.05, 3.63) is 54.0 Å². The zero-order valence-electron chi connectivity index (χ0n) is 21.1. The maximum Gasteiger partial charge on any atom is 0.408 e. The van der Waals surface area contributed by atoms with Gasteiger partial charge in [-0.05, 0) is 43.2 Å². The number of halogens is 6. The van der Waals surface area contributed by atoms with Crippen LogP contribution in [0.2, 0.25) is 0 Å². The van der Waals surface area contributed by atoms with Crippen LogP contribution < -0.4 is 10.5 Å². The lowest BCUT2D eigenvalue weighted by Crippen LogP contribution is -2.38. The van der Waals surface area contributed by atoms with Gasteiger partial charge in [0.05, 0.1) is 6.61 Å². The molecule has 0 radical (unpaired) electrons. The summed E-state index contributed by atoms with van der Waals surface area (Å²) in [6.07, 6.45) is -3.03. The second-order valence-corrected chi connectivity index (χ2v) is 9.23. The molecular weight excluding hydrogens is 563 g/mol. The third kappa shape index (κ3) is 6.20. The number of benzene rings is 1. The molecule has 2 unspecified atom stereocenters. The number of methoxy groups -OCH3 is 1. The fourth-order valence-corrected chi connectivity index (χ4v) is 4.74. The van der Waals surface area contributed by atoms with Gasteiger partial charge in [0, 0.05) is 37.8 Å².